The fourth-order valence-electron chi connectivity index (χ4n) is 3.16. The number of rotatable bonds is 7. The van der Waals surface area contributed by atoms with Gasteiger partial charge in [0.2, 0.25) is 0 Å². The lowest BCUT2D eigenvalue weighted by Crippen LogP contribution is -2.35. The van der Waals surface area contributed by atoms with E-state index in [-0.39, 0.29) is 11.3 Å². The molecule has 1 aliphatic rings. The quantitative estimate of drug-likeness (QED) is 0.598. The van der Waals surface area contributed by atoms with Crippen LogP contribution in [0, 0.1) is 11.3 Å². The second-order valence-corrected chi connectivity index (χ2v) is 9.42. The maximum Gasteiger partial charge on any atom is 0.150 e. The molecule has 1 aromatic carbocycles. The minimum absolute atomic E-state index is 0.0539. The predicted molar refractivity (Wildman–Crippen MR) is 96.2 cm³/mol. The maximum absolute atomic E-state index is 11.8. The topological polar surface area (TPSA) is 34.1 Å². The molecule has 1 saturated heterocycles. The summed E-state index contributed by atoms with van der Waals surface area (Å²) in [5.74, 6) is 0.991. The summed E-state index contributed by atoms with van der Waals surface area (Å²) in [6, 6.07) is 10.5. The van der Waals surface area contributed by atoms with E-state index < -0.39 is 9.84 Å². The molecular weight excluding hydrogens is 416 g/mol. The SMILES string of the molecule is O=S1(=O)CCC(C(CBr)(CBr)CCCc2ccccc2)C1. The van der Waals surface area contributed by atoms with Crippen LogP contribution in [0.5, 0.6) is 0 Å². The first-order chi connectivity index (χ1) is 10.0. The van der Waals surface area contributed by atoms with Crippen molar-refractivity contribution in [1.29, 1.82) is 0 Å². The first-order valence-corrected chi connectivity index (χ1v) is 11.4. The number of sulfone groups is 1. The largest absolute Gasteiger partial charge is 0.229 e. The Balaban J connectivity index is 1.98. The highest BCUT2D eigenvalue weighted by molar-refractivity contribution is 9.09. The van der Waals surface area contributed by atoms with E-state index in [2.05, 4.69) is 56.1 Å². The van der Waals surface area contributed by atoms with Gasteiger partial charge in [-0.05, 0) is 42.6 Å². The molecule has 1 atom stereocenters. The van der Waals surface area contributed by atoms with Gasteiger partial charge in [-0.2, -0.15) is 0 Å². The average Bonchev–Trinajstić information content (AvgIpc) is 2.86. The number of hydrogen-bond acceptors (Lipinski definition) is 2. The molecule has 118 valence electrons. The van der Waals surface area contributed by atoms with E-state index in [1.165, 1.54) is 5.56 Å². The predicted octanol–water partition coefficient (Wildman–Crippen LogP) is 4.22. The van der Waals surface area contributed by atoms with Crippen LogP contribution < -0.4 is 0 Å². The van der Waals surface area contributed by atoms with Gasteiger partial charge in [0.15, 0.2) is 9.84 Å². The van der Waals surface area contributed by atoms with Gasteiger partial charge in [0, 0.05) is 10.7 Å². The van der Waals surface area contributed by atoms with E-state index in [0.717, 1.165) is 36.3 Å². The average molecular weight is 438 g/mol. The summed E-state index contributed by atoms with van der Waals surface area (Å²) in [5, 5.41) is 1.72. The van der Waals surface area contributed by atoms with Crippen LogP contribution >= 0.6 is 31.9 Å². The zero-order valence-corrected chi connectivity index (χ0v) is 16.1. The van der Waals surface area contributed by atoms with Crippen molar-refractivity contribution in [2.24, 2.45) is 11.3 Å². The molecule has 1 unspecified atom stereocenters. The lowest BCUT2D eigenvalue weighted by Gasteiger charge is -2.36. The molecular formula is C16H22Br2O2S. The Morgan fingerprint density at radius 1 is 1.14 bits per heavy atom. The molecule has 1 fully saturated rings. The van der Waals surface area contributed by atoms with E-state index in [1.54, 1.807) is 0 Å². The minimum atomic E-state index is -2.82. The number of aryl methyl sites for hydroxylation is 1. The van der Waals surface area contributed by atoms with Crippen molar-refractivity contribution in [3.05, 3.63) is 35.9 Å². The first kappa shape index (κ1) is 17.5. The molecule has 0 saturated carbocycles. The van der Waals surface area contributed by atoms with E-state index in [4.69, 9.17) is 0 Å². The third-order valence-corrected chi connectivity index (χ3v) is 8.62. The van der Waals surface area contributed by atoms with Crippen molar-refractivity contribution < 1.29 is 8.42 Å². The molecule has 0 amide bonds. The summed E-state index contributed by atoms with van der Waals surface area (Å²) in [4.78, 5) is 0. The molecule has 0 bridgehead atoms. The summed E-state index contributed by atoms with van der Waals surface area (Å²) in [6.45, 7) is 0. The van der Waals surface area contributed by atoms with Crippen LogP contribution in [-0.2, 0) is 16.3 Å². The van der Waals surface area contributed by atoms with Crippen LogP contribution in [0.3, 0.4) is 0 Å². The Hall–Kier alpha value is 0.130. The van der Waals surface area contributed by atoms with Crippen LogP contribution in [0.1, 0.15) is 24.8 Å². The van der Waals surface area contributed by atoms with Crippen molar-refractivity contribution in [2.75, 3.05) is 22.2 Å². The van der Waals surface area contributed by atoms with Crippen molar-refractivity contribution in [2.45, 2.75) is 25.7 Å². The number of benzene rings is 1. The fraction of sp³-hybridized carbons (Fsp3) is 0.625. The molecule has 0 spiro atoms. The van der Waals surface area contributed by atoms with Gasteiger partial charge < -0.3 is 0 Å². The number of halogens is 2. The monoisotopic (exact) mass is 436 g/mol. The smallest absolute Gasteiger partial charge is 0.150 e. The molecule has 5 heteroatoms. The fourth-order valence-corrected chi connectivity index (χ4v) is 7.51. The van der Waals surface area contributed by atoms with Crippen LogP contribution in [0.15, 0.2) is 30.3 Å². The van der Waals surface area contributed by atoms with Crippen LogP contribution in [0.25, 0.3) is 0 Å². The van der Waals surface area contributed by atoms with Gasteiger partial charge in [-0.25, -0.2) is 8.42 Å². The highest BCUT2D eigenvalue weighted by Crippen LogP contribution is 2.43. The van der Waals surface area contributed by atoms with Crippen molar-refractivity contribution in [3.63, 3.8) is 0 Å². The van der Waals surface area contributed by atoms with Gasteiger partial charge in [0.25, 0.3) is 0 Å². The summed E-state index contributed by atoms with van der Waals surface area (Å²) >= 11 is 7.28. The molecule has 2 rings (SSSR count). The zero-order valence-electron chi connectivity index (χ0n) is 12.1. The molecule has 0 N–H and O–H groups in total. The van der Waals surface area contributed by atoms with E-state index in [9.17, 15) is 8.42 Å². The molecule has 0 aromatic heterocycles. The Morgan fingerprint density at radius 2 is 1.81 bits per heavy atom. The van der Waals surface area contributed by atoms with E-state index >= 15 is 0 Å². The third kappa shape index (κ3) is 4.55. The summed E-state index contributed by atoms with van der Waals surface area (Å²) in [5.41, 5.74) is 1.41. The van der Waals surface area contributed by atoms with Crippen LogP contribution in [0.4, 0.5) is 0 Å². The molecule has 1 heterocycles. The third-order valence-electron chi connectivity index (χ3n) is 4.61. The first-order valence-electron chi connectivity index (χ1n) is 7.38. The van der Waals surface area contributed by atoms with E-state index in [0.29, 0.717) is 11.5 Å². The van der Waals surface area contributed by atoms with Gasteiger partial charge in [-0.15, -0.1) is 0 Å². The Kier molecular flexibility index (Phi) is 6.33. The van der Waals surface area contributed by atoms with Gasteiger partial charge >= 0.3 is 0 Å². The summed E-state index contributed by atoms with van der Waals surface area (Å²) < 4.78 is 23.6. The summed E-state index contributed by atoms with van der Waals surface area (Å²) in [6.07, 6.45) is 4.02. The Morgan fingerprint density at radius 3 is 2.33 bits per heavy atom. The molecule has 21 heavy (non-hydrogen) atoms. The molecule has 1 aromatic rings. The van der Waals surface area contributed by atoms with Crippen LogP contribution in [-0.4, -0.2) is 30.6 Å². The van der Waals surface area contributed by atoms with Gasteiger partial charge in [0.05, 0.1) is 11.5 Å². The van der Waals surface area contributed by atoms with Crippen molar-refractivity contribution >= 4 is 41.7 Å². The van der Waals surface area contributed by atoms with Gasteiger partial charge in [0.1, 0.15) is 0 Å². The van der Waals surface area contributed by atoms with Crippen LogP contribution in [0.2, 0.25) is 0 Å². The normalized spacial score (nSPS) is 21.5. The number of alkyl halides is 2. The number of hydrogen-bond donors (Lipinski definition) is 0. The summed E-state index contributed by atoms with van der Waals surface area (Å²) in [7, 11) is -2.82. The molecule has 1 aliphatic heterocycles. The molecule has 0 aliphatic carbocycles. The Bertz CT molecular complexity index is 539. The highest BCUT2D eigenvalue weighted by Gasteiger charge is 2.42. The van der Waals surface area contributed by atoms with Gasteiger partial charge in [-0.3, -0.25) is 0 Å². The zero-order chi connectivity index (χ0) is 15.3. The maximum atomic E-state index is 11.8. The second kappa shape index (κ2) is 7.60. The van der Waals surface area contributed by atoms with Gasteiger partial charge in [-0.1, -0.05) is 62.2 Å². The standard InChI is InChI=1S/C16H22Br2O2S/c17-12-16(13-18,15-8-10-21(19,20)11-15)9-4-7-14-5-2-1-3-6-14/h1-3,5-6,15H,4,7-13H2. The highest BCUT2D eigenvalue weighted by atomic mass is 79.9. The Labute approximate surface area is 144 Å². The lowest BCUT2D eigenvalue weighted by molar-refractivity contribution is 0.229. The second-order valence-electron chi connectivity index (χ2n) is 6.07. The molecule has 2 nitrogen and oxygen atoms in total. The molecule has 0 radical (unpaired) electrons. The van der Waals surface area contributed by atoms with E-state index in [1.807, 2.05) is 6.07 Å². The lowest BCUT2D eigenvalue weighted by atomic mass is 9.74. The van der Waals surface area contributed by atoms with Crippen molar-refractivity contribution in [3.8, 4) is 0 Å². The minimum Gasteiger partial charge on any atom is -0.229 e. The van der Waals surface area contributed by atoms with Crippen molar-refractivity contribution in [1.82, 2.24) is 0 Å².